The molecule has 0 fully saturated rings. The van der Waals surface area contributed by atoms with Crippen molar-refractivity contribution in [3.05, 3.63) is 17.7 Å². The molecule has 1 atom stereocenters. The van der Waals surface area contributed by atoms with Crippen LogP contribution in [0.3, 0.4) is 0 Å². The second-order valence-corrected chi connectivity index (χ2v) is 7.00. The number of anilines is 1. The van der Waals surface area contributed by atoms with Gasteiger partial charge in [-0.3, -0.25) is 10.1 Å². The van der Waals surface area contributed by atoms with Gasteiger partial charge in [0, 0.05) is 11.5 Å². The predicted octanol–water partition coefficient (Wildman–Crippen LogP) is 2.78. The summed E-state index contributed by atoms with van der Waals surface area (Å²) < 4.78 is 10.5. The number of nitrogens with zero attached hydrogens (tertiary/aromatic N) is 3. The highest BCUT2D eigenvalue weighted by atomic mass is 32.2. The summed E-state index contributed by atoms with van der Waals surface area (Å²) in [6.45, 7) is 9.49. The Kier molecular flexibility index (Phi) is 4.36. The summed E-state index contributed by atoms with van der Waals surface area (Å²) in [4.78, 5) is 12.0. The minimum Gasteiger partial charge on any atom is -0.415 e. The molecule has 1 unspecified atom stereocenters. The second kappa shape index (κ2) is 5.88. The van der Waals surface area contributed by atoms with E-state index in [0.29, 0.717) is 22.7 Å². The molecule has 7 nitrogen and oxygen atoms in total. The summed E-state index contributed by atoms with van der Waals surface area (Å²) in [6, 6.07) is 1.65. The van der Waals surface area contributed by atoms with E-state index in [9.17, 15) is 4.79 Å². The molecule has 0 aliphatic rings. The minimum absolute atomic E-state index is 0.214. The molecule has 0 spiro atoms. The van der Waals surface area contributed by atoms with E-state index in [0.717, 1.165) is 0 Å². The van der Waals surface area contributed by atoms with Crippen LogP contribution in [0.5, 0.6) is 0 Å². The first-order chi connectivity index (χ1) is 9.75. The van der Waals surface area contributed by atoms with E-state index in [4.69, 9.17) is 8.94 Å². The van der Waals surface area contributed by atoms with Crippen LogP contribution < -0.4 is 5.32 Å². The van der Waals surface area contributed by atoms with Gasteiger partial charge in [-0.25, -0.2) is 0 Å². The van der Waals surface area contributed by atoms with Gasteiger partial charge in [-0.05, 0) is 13.8 Å². The van der Waals surface area contributed by atoms with E-state index in [1.807, 2.05) is 20.8 Å². The first-order valence-electron chi connectivity index (χ1n) is 6.50. The highest BCUT2D eigenvalue weighted by Gasteiger charge is 2.24. The van der Waals surface area contributed by atoms with Gasteiger partial charge < -0.3 is 8.94 Å². The Labute approximate surface area is 126 Å². The Morgan fingerprint density at radius 3 is 2.62 bits per heavy atom. The van der Waals surface area contributed by atoms with Gasteiger partial charge in [0.05, 0.1) is 10.9 Å². The predicted molar refractivity (Wildman–Crippen MR) is 78.2 cm³/mol. The average Bonchev–Trinajstić information content (AvgIpc) is 2.98. The summed E-state index contributed by atoms with van der Waals surface area (Å²) >= 11 is 1.20. The molecule has 8 heteroatoms. The summed E-state index contributed by atoms with van der Waals surface area (Å²) in [5.41, 5.74) is 0.492. The molecule has 2 rings (SSSR count). The fourth-order valence-corrected chi connectivity index (χ4v) is 2.09. The van der Waals surface area contributed by atoms with Crippen LogP contribution in [0.2, 0.25) is 0 Å². The number of aryl methyl sites for hydroxylation is 1. The Hall–Kier alpha value is -1.83. The third kappa shape index (κ3) is 4.07. The number of carbonyl (C=O) groups excluding carboxylic acids is 1. The second-order valence-electron chi connectivity index (χ2n) is 5.70. The maximum atomic E-state index is 12.0. The number of amides is 1. The zero-order valence-corrected chi connectivity index (χ0v) is 13.4. The zero-order valence-electron chi connectivity index (χ0n) is 12.6. The lowest BCUT2D eigenvalue weighted by Crippen LogP contribution is -2.22. The largest absolute Gasteiger partial charge is 0.415 e. The number of hydrogen-bond acceptors (Lipinski definition) is 7. The SMILES string of the molecule is Cc1cc(NC(=O)C(C)Sc2nnc(C(C)(C)C)o2)on1. The number of nitrogens with one attached hydrogen (secondary N) is 1. The zero-order chi connectivity index (χ0) is 15.6. The van der Waals surface area contributed by atoms with Gasteiger partial charge in [-0.1, -0.05) is 37.7 Å². The number of carbonyl (C=O) groups is 1. The van der Waals surface area contributed by atoms with Gasteiger partial charge >= 0.3 is 0 Å². The Morgan fingerprint density at radius 1 is 1.38 bits per heavy atom. The lowest BCUT2D eigenvalue weighted by molar-refractivity contribution is -0.115. The molecular weight excluding hydrogens is 292 g/mol. The van der Waals surface area contributed by atoms with Crippen molar-refractivity contribution in [3.63, 3.8) is 0 Å². The van der Waals surface area contributed by atoms with Crippen LogP contribution in [0.4, 0.5) is 5.88 Å². The summed E-state index contributed by atoms with van der Waals surface area (Å²) in [6.07, 6.45) is 0. The fraction of sp³-hybridized carbons (Fsp3) is 0.538. The van der Waals surface area contributed by atoms with Gasteiger partial charge in [0.25, 0.3) is 5.22 Å². The molecule has 0 saturated carbocycles. The van der Waals surface area contributed by atoms with E-state index in [1.54, 1.807) is 19.9 Å². The molecule has 0 radical (unpaired) electrons. The van der Waals surface area contributed by atoms with Crippen molar-refractivity contribution < 1.29 is 13.7 Å². The van der Waals surface area contributed by atoms with Crippen molar-refractivity contribution in [2.24, 2.45) is 0 Å². The van der Waals surface area contributed by atoms with E-state index < -0.39 is 5.25 Å². The average molecular weight is 310 g/mol. The van der Waals surface area contributed by atoms with Crippen LogP contribution in [0.25, 0.3) is 0 Å². The summed E-state index contributed by atoms with van der Waals surface area (Å²) in [5.74, 6) is 0.654. The first-order valence-corrected chi connectivity index (χ1v) is 7.38. The van der Waals surface area contributed by atoms with Gasteiger partial charge in [-0.2, -0.15) is 0 Å². The topological polar surface area (TPSA) is 94.1 Å². The molecule has 1 N–H and O–H groups in total. The third-order valence-corrected chi connectivity index (χ3v) is 3.50. The van der Waals surface area contributed by atoms with Crippen LogP contribution in [-0.4, -0.2) is 26.5 Å². The monoisotopic (exact) mass is 310 g/mol. The normalized spacial score (nSPS) is 13.2. The minimum atomic E-state index is -0.399. The van der Waals surface area contributed by atoms with Crippen LogP contribution in [0.15, 0.2) is 20.2 Å². The van der Waals surface area contributed by atoms with Crippen LogP contribution >= 0.6 is 11.8 Å². The molecule has 0 aliphatic heterocycles. The van der Waals surface area contributed by atoms with Crippen molar-refractivity contribution in [1.82, 2.24) is 15.4 Å². The van der Waals surface area contributed by atoms with Gasteiger partial charge in [0.2, 0.25) is 17.7 Å². The molecule has 0 saturated heterocycles. The Morgan fingerprint density at radius 2 is 2.10 bits per heavy atom. The van der Waals surface area contributed by atoms with Crippen molar-refractivity contribution in [2.75, 3.05) is 5.32 Å². The van der Waals surface area contributed by atoms with Crippen LogP contribution in [0, 0.1) is 6.92 Å². The van der Waals surface area contributed by atoms with Crippen molar-refractivity contribution >= 4 is 23.6 Å². The molecule has 2 aromatic rings. The number of hydrogen-bond donors (Lipinski definition) is 1. The molecule has 0 bridgehead atoms. The Balaban J connectivity index is 1.96. The van der Waals surface area contributed by atoms with Crippen molar-refractivity contribution in [3.8, 4) is 0 Å². The lowest BCUT2D eigenvalue weighted by Gasteiger charge is -2.11. The molecule has 0 aromatic carbocycles. The van der Waals surface area contributed by atoms with Crippen molar-refractivity contribution in [1.29, 1.82) is 0 Å². The molecule has 2 heterocycles. The molecule has 1 amide bonds. The molecule has 21 heavy (non-hydrogen) atoms. The van der Waals surface area contributed by atoms with E-state index in [1.165, 1.54) is 11.8 Å². The van der Waals surface area contributed by atoms with Crippen LogP contribution in [-0.2, 0) is 10.2 Å². The molecule has 0 aliphatic carbocycles. The van der Waals surface area contributed by atoms with E-state index in [2.05, 4.69) is 20.7 Å². The first kappa shape index (κ1) is 15.6. The fourth-order valence-electron chi connectivity index (χ4n) is 1.41. The summed E-state index contributed by atoms with van der Waals surface area (Å²) in [5, 5.41) is 14.3. The highest BCUT2D eigenvalue weighted by Crippen LogP contribution is 2.27. The maximum Gasteiger partial charge on any atom is 0.277 e. The highest BCUT2D eigenvalue weighted by molar-refractivity contribution is 8.00. The van der Waals surface area contributed by atoms with Crippen molar-refractivity contribution in [2.45, 2.75) is 50.5 Å². The quantitative estimate of drug-likeness (QED) is 0.868. The van der Waals surface area contributed by atoms with Gasteiger partial charge in [0.1, 0.15) is 0 Å². The molecule has 2 aromatic heterocycles. The van der Waals surface area contributed by atoms with E-state index in [-0.39, 0.29) is 11.3 Å². The smallest absolute Gasteiger partial charge is 0.277 e. The van der Waals surface area contributed by atoms with Gasteiger partial charge in [0.15, 0.2) is 0 Å². The third-order valence-electron chi connectivity index (χ3n) is 2.57. The molecule has 114 valence electrons. The Bertz CT molecular complexity index is 629. The number of rotatable bonds is 4. The number of aromatic nitrogens is 3. The maximum absolute atomic E-state index is 12.0. The van der Waals surface area contributed by atoms with Crippen LogP contribution in [0.1, 0.15) is 39.3 Å². The summed E-state index contributed by atoms with van der Waals surface area (Å²) in [7, 11) is 0. The lowest BCUT2D eigenvalue weighted by atomic mass is 9.97. The van der Waals surface area contributed by atoms with Gasteiger partial charge in [-0.15, -0.1) is 10.2 Å². The van der Waals surface area contributed by atoms with E-state index >= 15 is 0 Å². The number of thioether (sulfide) groups is 1. The molecular formula is C13H18N4O3S. The standard InChI is InChI=1S/C13H18N4O3S/c1-7-6-9(20-17-7)14-10(18)8(2)21-12-16-15-11(19-12)13(3,4)5/h6,8H,1-5H3,(H,14,18).